The Balaban J connectivity index is 2.95. The van der Waals surface area contributed by atoms with Gasteiger partial charge in [-0.05, 0) is 6.07 Å². The molecule has 0 atom stereocenters. The Morgan fingerprint density at radius 3 is 2.63 bits per heavy atom. The predicted molar refractivity (Wildman–Crippen MR) is 67.8 cm³/mol. The molecule has 8 nitrogen and oxygen atoms in total. The number of benzene rings is 1. The van der Waals surface area contributed by atoms with Crippen molar-refractivity contribution < 1.29 is 23.2 Å². The summed E-state index contributed by atoms with van der Waals surface area (Å²) in [7, 11) is -3.93. The van der Waals surface area contributed by atoms with E-state index in [0.29, 0.717) is 0 Å². The number of carboxylic acids is 1. The molecule has 19 heavy (non-hydrogen) atoms. The normalized spacial score (nSPS) is 11.0. The molecule has 0 saturated heterocycles. The standard InChI is InChI=1S/C9H9ClN2O6S/c10-7-2-1-6(12(15)16)5-8(7)11-19(17,18)4-3-9(13)14/h1-2,5,11H,3-4H2,(H,13,14). The van der Waals surface area contributed by atoms with E-state index >= 15 is 0 Å². The molecule has 0 saturated carbocycles. The summed E-state index contributed by atoms with van der Waals surface area (Å²) >= 11 is 5.70. The van der Waals surface area contributed by atoms with E-state index in [-0.39, 0.29) is 16.4 Å². The molecule has 0 unspecified atom stereocenters. The smallest absolute Gasteiger partial charge is 0.304 e. The number of hydrogen-bond acceptors (Lipinski definition) is 5. The van der Waals surface area contributed by atoms with Crippen LogP contribution in [-0.2, 0) is 14.8 Å². The number of nitro groups is 1. The Bertz CT molecular complexity index is 615. The first kappa shape index (κ1) is 15.2. The zero-order valence-electron chi connectivity index (χ0n) is 9.37. The van der Waals surface area contributed by atoms with Crippen molar-refractivity contribution in [2.45, 2.75) is 6.42 Å². The molecule has 0 aromatic heterocycles. The fourth-order valence-corrected chi connectivity index (χ4v) is 2.42. The summed E-state index contributed by atoms with van der Waals surface area (Å²) in [5.41, 5.74) is -0.499. The van der Waals surface area contributed by atoms with Gasteiger partial charge >= 0.3 is 5.97 Å². The first-order chi connectivity index (χ1) is 8.71. The minimum Gasteiger partial charge on any atom is -0.481 e. The molecule has 1 rings (SSSR count). The van der Waals surface area contributed by atoms with Crippen LogP contribution in [0.1, 0.15) is 6.42 Å². The molecular weight excluding hydrogens is 300 g/mol. The molecule has 0 bridgehead atoms. The van der Waals surface area contributed by atoms with Gasteiger partial charge < -0.3 is 5.11 Å². The number of carboxylic acid groups (broad SMARTS) is 1. The zero-order valence-corrected chi connectivity index (χ0v) is 10.9. The maximum absolute atomic E-state index is 11.5. The lowest BCUT2D eigenvalue weighted by molar-refractivity contribution is -0.384. The molecule has 2 N–H and O–H groups in total. The molecule has 0 radical (unpaired) electrons. The van der Waals surface area contributed by atoms with Crippen molar-refractivity contribution in [2.24, 2.45) is 0 Å². The minimum absolute atomic E-state index is 0.0236. The summed E-state index contributed by atoms with van der Waals surface area (Å²) in [5, 5.41) is 18.9. The molecule has 104 valence electrons. The molecule has 1 aromatic rings. The van der Waals surface area contributed by atoms with Gasteiger partial charge in [-0.2, -0.15) is 0 Å². The van der Waals surface area contributed by atoms with Crippen LogP contribution in [0.15, 0.2) is 18.2 Å². The average molecular weight is 309 g/mol. The van der Waals surface area contributed by atoms with Crippen molar-refractivity contribution in [1.82, 2.24) is 0 Å². The van der Waals surface area contributed by atoms with Gasteiger partial charge in [0.25, 0.3) is 5.69 Å². The van der Waals surface area contributed by atoms with Crippen molar-refractivity contribution in [1.29, 1.82) is 0 Å². The number of nitrogens with zero attached hydrogens (tertiary/aromatic N) is 1. The third kappa shape index (κ3) is 4.72. The van der Waals surface area contributed by atoms with E-state index in [4.69, 9.17) is 16.7 Å². The van der Waals surface area contributed by atoms with Gasteiger partial charge in [0.15, 0.2) is 0 Å². The second-order valence-electron chi connectivity index (χ2n) is 3.49. The number of non-ortho nitro benzene ring substituents is 1. The lowest BCUT2D eigenvalue weighted by atomic mass is 10.3. The SMILES string of the molecule is O=C(O)CCS(=O)(=O)Nc1cc([N+](=O)[O-])ccc1Cl. The maximum Gasteiger partial charge on any atom is 0.304 e. The van der Waals surface area contributed by atoms with Crippen molar-refractivity contribution >= 4 is 39.0 Å². The molecule has 0 spiro atoms. The molecule has 0 fully saturated rings. The van der Waals surface area contributed by atoms with E-state index in [2.05, 4.69) is 0 Å². The Morgan fingerprint density at radius 2 is 2.11 bits per heavy atom. The van der Waals surface area contributed by atoms with E-state index in [9.17, 15) is 23.3 Å². The monoisotopic (exact) mass is 308 g/mol. The second-order valence-corrected chi connectivity index (χ2v) is 5.73. The molecule has 0 amide bonds. The number of anilines is 1. The van der Waals surface area contributed by atoms with E-state index in [0.717, 1.165) is 12.1 Å². The van der Waals surface area contributed by atoms with E-state index < -0.39 is 33.1 Å². The zero-order chi connectivity index (χ0) is 14.6. The van der Waals surface area contributed by atoms with Crippen LogP contribution in [0.2, 0.25) is 5.02 Å². The largest absolute Gasteiger partial charge is 0.481 e. The predicted octanol–water partition coefficient (Wildman–Crippen LogP) is 1.46. The number of carbonyl (C=O) groups is 1. The Morgan fingerprint density at radius 1 is 1.47 bits per heavy atom. The number of hydrogen-bond donors (Lipinski definition) is 2. The summed E-state index contributed by atoms with van der Waals surface area (Å²) in [4.78, 5) is 20.2. The average Bonchev–Trinajstić information content (AvgIpc) is 2.29. The highest BCUT2D eigenvalue weighted by Gasteiger charge is 2.17. The highest BCUT2D eigenvalue weighted by Crippen LogP contribution is 2.27. The van der Waals surface area contributed by atoms with Crippen LogP contribution < -0.4 is 4.72 Å². The van der Waals surface area contributed by atoms with E-state index in [1.165, 1.54) is 6.07 Å². The fourth-order valence-electron chi connectivity index (χ4n) is 1.15. The number of sulfonamides is 1. The van der Waals surface area contributed by atoms with Gasteiger partial charge in [0, 0.05) is 12.1 Å². The van der Waals surface area contributed by atoms with Crippen molar-refractivity contribution in [3.8, 4) is 0 Å². The summed E-state index contributed by atoms with van der Waals surface area (Å²) in [5.74, 6) is -1.92. The van der Waals surface area contributed by atoms with Gasteiger partial charge in [-0.1, -0.05) is 11.6 Å². The Labute approximate surface area is 113 Å². The van der Waals surface area contributed by atoms with Gasteiger partial charge in [-0.3, -0.25) is 19.6 Å². The first-order valence-electron chi connectivity index (χ1n) is 4.87. The number of rotatable bonds is 6. The second kappa shape index (κ2) is 5.85. The Hall–Kier alpha value is -1.87. The molecule has 10 heteroatoms. The van der Waals surface area contributed by atoms with Crippen molar-refractivity contribution in [2.75, 3.05) is 10.5 Å². The van der Waals surface area contributed by atoms with E-state index in [1.807, 2.05) is 4.72 Å². The van der Waals surface area contributed by atoms with Crippen LogP contribution in [0.25, 0.3) is 0 Å². The van der Waals surface area contributed by atoms with Gasteiger partial charge in [-0.15, -0.1) is 0 Å². The fraction of sp³-hybridized carbons (Fsp3) is 0.222. The first-order valence-corrected chi connectivity index (χ1v) is 6.90. The number of nitrogens with one attached hydrogen (secondary N) is 1. The van der Waals surface area contributed by atoms with Gasteiger partial charge in [0.05, 0.1) is 27.8 Å². The highest BCUT2D eigenvalue weighted by molar-refractivity contribution is 7.92. The summed E-state index contributed by atoms with van der Waals surface area (Å²) in [6.07, 6.45) is -0.581. The van der Waals surface area contributed by atoms with Crippen LogP contribution in [-0.4, -0.2) is 30.2 Å². The van der Waals surface area contributed by atoms with Crippen molar-refractivity contribution in [3.63, 3.8) is 0 Å². The Kier molecular flexibility index (Phi) is 4.67. The minimum atomic E-state index is -3.93. The lowest BCUT2D eigenvalue weighted by Gasteiger charge is -2.08. The topological polar surface area (TPSA) is 127 Å². The van der Waals surface area contributed by atoms with Crippen LogP contribution in [0.3, 0.4) is 0 Å². The number of nitro benzene ring substituents is 1. The summed E-state index contributed by atoms with van der Waals surface area (Å²) < 4.78 is 25.1. The molecular formula is C9H9ClN2O6S. The van der Waals surface area contributed by atoms with Gasteiger partial charge in [-0.25, -0.2) is 8.42 Å². The molecule has 0 aliphatic heterocycles. The summed E-state index contributed by atoms with van der Waals surface area (Å²) in [6, 6.07) is 3.26. The van der Waals surface area contributed by atoms with Gasteiger partial charge in [0.2, 0.25) is 10.0 Å². The molecule has 0 heterocycles. The quantitative estimate of drug-likeness (QED) is 0.605. The van der Waals surface area contributed by atoms with Gasteiger partial charge in [0.1, 0.15) is 0 Å². The van der Waals surface area contributed by atoms with Crippen LogP contribution in [0.5, 0.6) is 0 Å². The number of halogens is 1. The van der Waals surface area contributed by atoms with E-state index in [1.54, 1.807) is 0 Å². The van der Waals surface area contributed by atoms with Crippen LogP contribution in [0, 0.1) is 10.1 Å². The number of aliphatic carboxylic acids is 1. The molecule has 0 aliphatic rings. The maximum atomic E-state index is 11.5. The van der Waals surface area contributed by atoms with Crippen molar-refractivity contribution in [3.05, 3.63) is 33.3 Å². The third-order valence-corrected chi connectivity index (χ3v) is 3.61. The lowest BCUT2D eigenvalue weighted by Crippen LogP contribution is -2.19. The van der Waals surface area contributed by atoms with Crippen LogP contribution >= 0.6 is 11.6 Å². The summed E-state index contributed by atoms with van der Waals surface area (Å²) in [6.45, 7) is 0. The molecule has 1 aromatic carbocycles. The molecule has 0 aliphatic carbocycles. The third-order valence-electron chi connectivity index (χ3n) is 2.01. The highest BCUT2D eigenvalue weighted by atomic mass is 35.5. The van der Waals surface area contributed by atoms with Crippen LogP contribution in [0.4, 0.5) is 11.4 Å².